The first kappa shape index (κ1) is 6.01. The van der Waals surface area contributed by atoms with Gasteiger partial charge in [0.2, 0.25) is 0 Å². The Kier molecular flexibility index (Phi) is 4.30. The first-order valence-electron chi connectivity index (χ1n) is 1.81. The molecule has 1 N–H and O–H groups in total. The van der Waals surface area contributed by atoms with Crippen molar-refractivity contribution in [2.75, 3.05) is 7.11 Å². The molecule has 0 unspecified atom stereocenters. The molecule has 0 aromatic carbocycles. The van der Waals surface area contributed by atoms with Crippen LogP contribution in [0.2, 0.25) is 0 Å². The van der Waals surface area contributed by atoms with Crippen molar-refractivity contribution in [3.63, 3.8) is 0 Å². The van der Waals surface area contributed by atoms with Crippen LogP contribution in [0, 0.1) is 0 Å². The van der Waals surface area contributed by atoms with Crippen molar-refractivity contribution in [1.82, 2.24) is 5.43 Å². The number of ether oxygens (including phenoxy) is 1. The maximum atomic E-state index is 4.51. The minimum Gasteiger partial charge on any atom is -0.503 e. The van der Waals surface area contributed by atoms with Gasteiger partial charge in [0.1, 0.15) is 6.26 Å². The SMILES string of the molecule is C=NN/C=C\OC. The topological polar surface area (TPSA) is 33.6 Å². The third-order valence-electron chi connectivity index (χ3n) is 0.370. The summed E-state index contributed by atoms with van der Waals surface area (Å²) in [6, 6.07) is 0. The molecule has 40 valence electrons. The number of hydrogen-bond donors (Lipinski definition) is 1. The lowest BCUT2D eigenvalue weighted by molar-refractivity contribution is 0.335. The molecule has 0 fully saturated rings. The minimum absolute atomic E-state index is 1.47. The molecule has 0 spiro atoms. The highest BCUT2D eigenvalue weighted by molar-refractivity contribution is 5.22. The molecular formula is C4H8N2O. The number of methoxy groups -OCH3 is 1. The molecule has 0 heterocycles. The van der Waals surface area contributed by atoms with E-state index in [4.69, 9.17) is 0 Å². The summed E-state index contributed by atoms with van der Waals surface area (Å²) in [6.07, 6.45) is 3.00. The molecule has 0 aromatic rings. The van der Waals surface area contributed by atoms with Crippen LogP contribution in [0.1, 0.15) is 0 Å². The Morgan fingerprint density at radius 3 is 3.00 bits per heavy atom. The van der Waals surface area contributed by atoms with Crippen molar-refractivity contribution in [2.45, 2.75) is 0 Å². The van der Waals surface area contributed by atoms with Crippen molar-refractivity contribution in [1.29, 1.82) is 0 Å². The van der Waals surface area contributed by atoms with Crippen LogP contribution < -0.4 is 5.43 Å². The van der Waals surface area contributed by atoms with Gasteiger partial charge >= 0.3 is 0 Å². The highest BCUT2D eigenvalue weighted by Crippen LogP contribution is 1.64. The van der Waals surface area contributed by atoms with Crippen LogP contribution in [0.25, 0.3) is 0 Å². The van der Waals surface area contributed by atoms with Crippen LogP contribution >= 0.6 is 0 Å². The Labute approximate surface area is 42.7 Å². The number of hydrogen-bond acceptors (Lipinski definition) is 3. The van der Waals surface area contributed by atoms with E-state index in [0.29, 0.717) is 0 Å². The fourth-order valence-corrected chi connectivity index (χ4v) is 0.151. The fraction of sp³-hybridized carbons (Fsp3) is 0.250. The van der Waals surface area contributed by atoms with Crippen LogP contribution in [0.4, 0.5) is 0 Å². The van der Waals surface area contributed by atoms with Crippen LogP contribution in [0.3, 0.4) is 0 Å². The van der Waals surface area contributed by atoms with Crippen LogP contribution in [-0.2, 0) is 4.74 Å². The lowest BCUT2D eigenvalue weighted by atomic mass is 11.0. The second-order valence-electron chi connectivity index (χ2n) is 0.826. The maximum Gasteiger partial charge on any atom is 0.100 e. The number of nitrogens with zero attached hydrogens (tertiary/aromatic N) is 1. The molecule has 0 rings (SSSR count). The van der Waals surface area contributed by atoms with E-state index in [0.717, 1.165) is 0 Å². The molecule has 0 saturated carbocycles. The van der Waals surface area contributed by atoms with E-state index < -0.39 is 0 Å². The number of nitrogens with one attached hydrogen (secondary N) is 1. The number of hydrazone groups is 1. The molecule has 0 bridgehead atoms. The lowest BCUT2D eigenvalue weighted by Crippen LogP contribution is -1.89. The molecule has 0 atom stereocenters. The van der Waals surface area contributed by atoms with Crippen LogP contribution in [0.15, 0.2) is 17.6 Å². The molecule has 0 radical (unpaired) electrons. The zero-order chi connectivity index (χ0) is 5.54. The van der Waals surface area contributed by atoms with Crippen molar-refractivity contribution in [3.8, 4) is 0 Å². The Balaban J connectivity index is 2.92. The average Bonchev–Trinajstić information content (AvgIpc) is 1.69. The van der Waals surface area contributed by atoms with Crippen molar-refractivity contribution in [2.24, 2.45) is 5.10 Å². The predicted molar refractivity (Wildman–Crippen MR) is 28.8 cm³/mol. The monoisotopic (exact) mass is 100 g/mol. The Hall–Kier alpha value is -0.990. The largest absolute Gasteiger partial charge is 0.503 e. The fourth-order valence-electron chi connectivity index (χ4n) is 0.151. The zero-order valence-corrected chi connectivity index (χ0v) is 4.22. The maximum absolute atomic E-state index is 4.51. The Bertz CT molecular complexity index is 70.1. The van der Waals surface area contributed by atoms with Gasteiger partial charge in [-0.25, -0.2) is 0 Å². The molecule has 0 aromatic heterocycles. The van der Waals surface area contributed by atoms with Crippen LogP contribution in [0.5, 0.6) is 0 Å². The Morgan fingerprint density at radius 1 is 1.86 bits per heavy atom. The summed E-state index contributed by atoms with van der Waals surface area (Å²) < 4.78 is 4.51. The van der Waals surface area contributed by atoms with Crippen LogP contribution in [-0.4, -0.2) is 13.8 Å². The predicted octanol–water partition coefficient (Wildman–Crippen LogP) is 0.309. The van der Waals surface area contributed by atoms with Gasteiger partial charge in [0, 0.05) is 6.72 Å². The summed E-state index contributed by atoms with van der Waals surface area (Å²) in [6.45, 7) is 3.16. The molecule has 0 amide bonds. The minimum atomic E-state index is 1.47. The van der Waals surface area contributed by atoms with E-state index in [1.807, 2.05) is 0 Å². The van der Waals surface area contributed by atoms with Gasteiger partial charge in [-0.15, -0.1) is 0 Å². The van der Waals surface area contributed by atoms with E-state index in [1.54, 1.807) is 7.11 Å². The van der Waals surface area contributed by atoms with Gasteiger partial charge in [-0.2, -0.15) is 5.10 Å². The van der Waals surface area contributed by atoms with Gasteiger partial charge in [-0.3, -0.25) is 5.43 Å². The van der Waals surface area contributed by atoms with E-state index >= 15 is 0 Å². The normalized spacial score (nSPS) is 8.71. The van der Waals surface area contributed by atoms with E-state index in [2.05, 4.69) is 22.0 Å². The first-order valence-corrected chi connectivity index (χ1v) is 1.81. The summed E-state index contributed by atoms with van der Waals surface area (Å²) in [4.78, 5) is 0. The summed E-state index contributed by atoms with van der Waals surface area (Å²) in [5.74, 6) is 0. The van der Waals surface area contributed by atoms with Gasteiger partial charge in [0.15, 0.2) is 0 Å². The molecule has 3 nitrogen and oxygen atoms in total. The number of rotatable bonds is 3. The zero-order valence-electron chi connectivity index (χ0n) is 4.22. The summed E-state index contributed by atoms with van der Waals surface area (Å²) in [5.41, 5.74) is 2.46. The molecule has 0 aliphatic rings. The van der Waals surface area contributed by atoms with Crippen molar-refractivity contribution < 1.29 is 4.74 Å². The van der Waals surface area contributed by atoms with Gasteiger partial charge in [0.25, 0.3) is 0 Å². The smallest absolute Gasteiger partial charge is 0.100 e. The molecular weight excluding hydrogens is 92.1 g/mol. The second-order valence-corrected chi connectivity index (χ2v) is 0.826. The van der Waals surface area contributed by atoms with E-state index in [9.17, 15) is 0 Å². The van der Waals surface area contributed by atoms with Gasteiger partial charge in [-0.1, -0.05) is 0 Å². The van der Waals surface area contributed by atoms with Crippen molar-refractivity contribution >= 4 is 6.72 Å². The highest BCUT2D eigenvalue weighted by atomic mass is 16.5. The second kappa shape index (κ2) is 5.01. The summed E-state index contributed by atoms with van der Waals surface area (Å²) >= 11 is 0. The molecule has 3 heteroatoms. The van der Waals surface area contributed by atoms with Gasteiger partial charge < -0.3 is 4.74 Å². The van der Waals surface area contributed by atoms with E-state index in [-0.39, 0.29) is 0 Å². The standard InChI is InChI=1S/C4H8N2O/c1-5-6-3-4-7-2/h3-4,6H,1H2,2H3/b4-3-. The Morgan fingerprint density at radius 2 is 2.57 bits per heavy atom. The summed E-state index contributed by atoms with van der Waals surface area (Å²) in [5, 5.41) is 3.31. The summed E-state index contributed by atoms with van der Waals surface area (Å²) in [7, 11) is 1.56. The molecule has 0 saturated heterocycles. The highest BCUT2D eigenvalue weighted by Gasteiger charge is 1.58. The molecule has 0 aliphatic heterocycles. The van der Waals surface area contributed by atoms with Crippen molar-refractivity contribution in [3.05, 3.63) is 12.5 Å². The third kappa shape index (κ3) is 5.01. The van der Waals surface area contributed by atoms with E-state index in [1.165, 1.54) is 12.5 Å². The quantitative estimate of drug-likeness (QED) is 0.314. The van der Waals surface area contributed by atoms with Gasteiger partial charge in [0.05, 0.1) is 13.3 Å². The molecule has 0 aliphatic carbocycles. The van der Waals surface area contributed by atoms with Gasteiger partial charge in [-0.05, 0) is 0 Å². The third-order valence-corrected chi connectivity index (χ3v) is 0.370. The molecule has 7 heavy (non-hydrogen) atoms. The average molecular weight is 100 g/mol. The lowest BCUT2D eigenvalue weighted by Gasteiger charge is -1.84. The first-order chi connectivity index (χ1) is 3.41.